The zero-order chi connectivity index (χ0) is 11.5. The van der Waals surface area contributed by atoms with Crippen LogP contribution in [0.4, 0.5) is 0 Å². The van der Waals surface area contributed by atoms with Crippen molar-refractivity contribution in [3.63, 3.8) is 0 Å². The molecule has 4 heteroatoms. The van der Waals surface area contributed by atoms with E-state index in [9.17, 15) is 4.79 Å². The van der Waals surface area contributed by atoms with Crippen molar-refractivity contribution in [1.82, 2.24) is 10.2 Å². The van der Waals surface area contributed by atoms with Gasteiger partial charge in [0, 0.05) is 20.1 Å². The predicted octanol–water partition coefficient (Wildman–Crippen LogP) is 1.56. The molecule has 1 amide bonds. The summed E-state index contributed by atoms with van der Waals surface area (Å²) in [6, 6.07) is 2.07. The van der Waals surface area contributed by atoms with Gasteiger partial charge in [0.05, 0.1) is 5.92 Å². The van der Waals surface area contributed by atoms with E-state index in [4.69, 9.17) is 0 Å². The summed E-state index contributed by atoms with van der Waals surface area (Å²) in [4.78, 5) is 14.0. The highest BCUT2D eigenvalue weighted by molar-refractivity contribution is 7.07. The van der Waals surface area contributed by atoms with E-state index >= 15 is 0 Å². The first-order valence-electron chi connectivity index (χ1n) is 5.65. The lowest BCUT2D eigenvalue weighted by molar-refractivity contribution is -0.135. The number of hydrogen-bond acceptors (Lipinski definition) is 3. The minimum absolute atomic E-state index is 0.156. The van der Waals surface area contributed by atoms with E-state index in [1.807, 2.05) is 17.3 Å². The summed E-state index contributed by atoms with van der Waals surface area (Å²) in [6.07, 6.45) is 0. The Balaban J connectivity index is 1.94. The maximum atomic E-state index is 12.2. The van der Waals surface area contributed by atoms with Crippen molar-refractivity contribution in [3.05, 3.63) is 22.4 Å². The molecule has 1 fully saturated rings. The molecule has 2 heterocycles. The molecule has 0 bridgehead atoms. The number of carbonyl (C=O) groups excluding carboxylic acids is 1. The summed E-state index contributed by atoms with van der Waals surface area (Å²) in [5.41, 5.74) is 1.22. The standard InChI is InChI=1S/C12H18N2OS/c1-9-5-13-6-11(9)12(15)14(2)7-10-3-4-16-8-10/h3-4,8-9,11,13H,5-7H2,1-2H3/t9-,11-/m1/s1. The molecular weight excluding hydrogens is 220 g/mol. The minimum atomic E-state index is 0.156. The Morgan fingerprint density at radius 3 is 3.00 bits per heavy atom. The number of nitrogens with zero attached hydrogens (tertiary/aromatic N) is 1. The lowest BCUT2D eigenvalue weighted by Crippen LogP contribution is -2.35. The van der Waals surface area contributed by atoms with E-state index < -0.39 is 0 Å². The fourth-order valence-corrected chi connectivity index (χ4v) is 2.82. The van der Waals surface area contributed by atoms with Crippen LogP contribution in [0.1, 0.15) is 12.5 Å². The molecule has 0 aliphatic carbocycles. The third-order valence-corrected chi connectivity index (χ3v) is 3.94. The second-order valence-electron chi connectivity index (χ2n) is 4.57. The molecule has 3 nitrogen and oxygen atoms in total. The molecule has 0 saturated carbocycles. The van der Waals surface area contributed by atoms with E-state index in [1.54, 1.807) is 11.3 Å². The first-order valence-corrected chi connectivity index (χ1v) is 6.59. The van der Waals surface area contributed by atoms with Gasteiger partial charge in [-0.25, -0.2) is 0 Å². The Morgan fingerprint density at radius 2 is 2.44 bits per heavy atom. The highest BCUT2D eigenvalue weighted by Gasteiger charge is 2.31. The maximum Gasteiger partial charge on any atom is 0.227 e. The van der Waals surface area contributed by atoms with Crippen LogP contribution in [0.3, 0.4) is 0 Å². The van der Waals surface area contributed by atoms with Gasteiger partial charge in [0.15, 0.2) is 0 Å². The molecular formula is C12H18N2OS. The minimum Gasteiger partial charge on any atom is -0.341 e. The quantitative estimate of drug-likeness (QED) is 0.867. The van der Waals surface area contributed by atoms with Crippen LogP contribution < -0.4 is 5.32 Å². The van der Waals surface area contributed by atoms with Gasteiger partial charge in [-0.05, 0) is 34.9 Å². The SMILES string of the molecule is C[C@@H]1CNC[C@H]1C(=O)N(C)Cc1ccsc1. The Labute approximate surface area is 100 Å². The van der Waals surface area contributed by atoms with Gasteiger partial charge in [-0.1, -0.05) is 6.92 Å². The van der Waals surface area contributed by atoms with Gasteiger partial charge in [-0.3, -0.25) is 4.79 Å². The smallest absolute Gasteiger partial charge is 0.227 e. The molecule has 1 aliphatic rings. The summed E-state index contributed by atoms with van der Waals surface area (Å²) in [5, 5.41) is 7.42. The van der Waals surface area contributed by atoms with Crippen molar-refractivity contribution < 1.29 is 4.79 Å². The van der Waals surface area contributed by atoms with E-state index in [2.05, 4.69) is 23.7 Å². The van der Waals surface area contributed by atoms with Crippen LogP contribution in [0.2, 0.25) is 0 Å². The zero-order valence-electron chi connectivity index (χ0n) is 9.77. The van der Waals surface area contributed by atoms with Crippen LogP contribution in [-0.2, 0) is 11.3 Å². The maximum absolute atomic E-state index is 12.2. The summed E-state index contributed by atoms with van der Waals surface area (Å²) in [7, 11) is 1.89. The molecule has 2 atom stereocenters. The highest BCUT2D eigenvalue weighted by Crippen LogP contribution is 2.19. The molecule has 0 unspecified atom stereocenters. The van der Waals surface area contributed by atoms with Crippen molar-refractivity contribution in [3.8, 4) is 0 Å². The Morgan fingerprint density at radius 1 is 1.62 bits per heavy atom. The number of thiophene rings is 1. The van der Waals surface area contributed by atoms with Crippen molar-refractivity contribution in [2.75, 3.05) is 20.1 Å². The first-order chi connectivity index (χ1) is 7.68. The van der Waals surface area contributed by atoms with Crippen LogP contribution in [0.25, 0.3) is 0 Å². The summed E-state index contributed by atoms with van der Waals surface area (Å²) in [6.45, 7) is 4.66. The lowest BCUT2D eigenvalue weighted by atomic mass is 9.97. The first kappa shape index (κ1) is 11.6. The third kappa shape index (κ3) is 2.44. The average molecular weight is 238 g/mol. The molecule has 0 radical (unpaired) electrons. The van der Waals surface area contributed by atoms with Crippen molar-refractivity contribution in [1.29, 1.82) is 0 Å². The Hall–Kier alpha value is -0.870. The van der Waals surface area contributed by atoms with Gasteiger partial charge >= 0.3 is 0 Å². The molecule has 88 valence electrons. The molecule has 1 aromatic heterocycles. The summed E-state index contributed by atoms with van der Waals surface area (Å²) in [5.74, 6) is 0.879. The Kier molecular flexibility index (Phi) is 3.61. The molecule has 1 aliphatic heterocycles. The van der Waals surface area contributed by atoms with Crippen molar-refractivity contribution in [2.24, 2.45) is 11.8 Å². The second-order valence-corrected chi connectivity index (χ2v) is 5.35. The van der Waals surface area contributed by atoms with E-state index in [0.717, 1.165) is 19.6 Å². The fraction of sp³-hybridized carbons (Fsp3) is 0.583. The normalized spacial score (nSPS) is 24.6. The van der Waals surface area contributed by atoms with Crippen LogP contribution in [0, 0.1) is 11.8 Å². The summed E-state index contributed by atoms with van der Waals surface area (Å²) >= 11 is 1.68. The highest BCUT2D eigenvalue weighted by atomic mass is 32.1. The topological polar surface area (TPSA) is 32.3 Å². The number of carbonyl (C=O) groups is 1. The van der Waals surface area contributed by atoms with E-state index in [1.165, 1.54) is 5.56 Å². The third-order valence-electron chi connectivity index (χ3n) is 3.21. The van der Waals surface area contributed by atoms with Gasteiger partial charge in [-0.15, -0.1) is 0 Å². The number of rotatable bonds is 3. The molecule has 16 heavy (non-hydrogen) atoms. The second kappa shape index (κ2) is 4.97. The van der Waals surface area contributed by atoms with E-state index in [0.29, 0.717) is 5.92 Å². The van der Waals surface area contributed by atoms with Gasteiger partial charge in [0.1, 0.15) is 0 Å². The number of hydrogen-bond donors (Lipinski definition) is 1. The van der Waals surface area contributed by atoms with Gasteiger partial charge < -0.3 is 10.2 Å². The molecule has 1 aromatic rings. The average Bonchev–Trinajstić information content (AvgIpc) is 2.88. The molecule has 1 saturated heterocycles. The van der Waals surface area contributed by atoms with Crippen molar-refractivity contribution in [2.45, 2.75) is 13.5 Å². The van der Waals surface area contributed by atoms with Crippen LogP contribution >= 0.6 is 11.3 Å². The summed E-state index contributed by atoms with van der Waals surface area (Å²) < 4.78 is 0. The molecule has 2 rings (SSSR count). The zero-order valence-corrected chi connectivity index (χ0v) is 10.6. The molecule has 0 aromatic carbocycles. The number of nitrogens with one attached hydrogen (secondary N) is 1. The largest absolute Gasteiger partial charge is 0.341 e. The van der Waals surface area contributed by atoms with Crippen molar-refractivity contribution >= 4 is 17.2 Å². The van der Waals surface area contributed by atoms with Crippen LogP contribution in [0.5, 0.6) is 0 Å². The van der Waals surface area contributed by atoms with Gasteiger partial charge in [0.25, 0.3) is 0 Å². The molecule has 0 spiro atoms. The predicted molar refractivity (Wildman–Crippen MR) is 66.3 cm³/mol. The van der Waals surface area contributed by atoms with Crippen LogP contribution in [0.15, 0.2) is 16.8 Å². The fourth-order valence-electron chi connectivity index (χ4n) is 2.16. The lowest BCUT2D eigenvalue weighted by Gasteiger charge is -2.22. The van der Waals surface area contributed by atoms with Gasteiger partial charge in [-0.2, -0.15) is 11.3 Å². The number of amides is 1. The monoisotopic (exact) mass is 238 g/mol. The Bertz CT molecular complexity index is 350. The van der Waals surface area contributed by atoms with Crippen LogP contribution in [-0.4, -0.2) is 30.9 Å². The van der Waals surface area contributed by atoms with Gasteiger partial charge in [0.2, 0.25) is 5.91 Å². The molecule has 1 N–H and O–H groups in total. The van der Waals surface area contributed by atoms with E-state index in [-0.39, 0.29) is 11.8 Å².